The molecular formula is C9H18N4O2. The lowest BCUT2D eigenvalue weighted by Crippen LogP contribution is -2.41. The molecule has 3 N–H and O–H groups in total. The summed E-state index contributed by atoms with van der Waals surface area (Å²) in [5.41, 5.74) is -1.09. The lowest BCUT2D eigenvalue weighted by molar-refractivity contribution is 0.00237. The van der Waals surface area contributed by atoms with E-state index in [2.05, 4.69) is 15.4 Å². The zero-order valence-electron chi connectivity index (χ0n) is 9.14. The molecule has 0 saturated carbocycles. The van der Waals surface area contributed by atoms with Gasteiger partial charge in [0.25, 0.3) is 0 Å². The molecule has 0 saturated heterocycles. The van der Waals surface area contributed by atoms with Crippen LogP contribution in [0.25, 0.3) is 0 Å². The molecule has 15 heavy (non-hydrogen) atoms. The monoisotopic (exact) mass is 214 g/mol. The summed E-state index contributed by atoms with van der Waals surface area (Å²) in [7, 11) is 0. The molecule has 1 unspecified atom stereocenters. The number of aryl methyl sites for hydroxylation is 1. The summed E-state index contributed by atoms with van der Waals surface area (Å²) >= 11 is 0. The van der Waals surface area contributed by atoms with E-state index in [9.17, 15) is 5.11 Å². The number of aliphatic hydroxyl groups excluding tert-OH is 1. The number of nitrogens with one attached hydrogen (secondary N) is 1. The molecule has 0 amide bonds. The van der Waals surface area contributed by atoms with Gasteiger partial charge in [0.2, 0.25) is 0 Å². The van der Waals surface area contributed by atoms with Crippen LogP contribution in [0.5, 0.6) is 0 Å². The third-order valence-corrected chi connectivity index (χ3v) is 2.12. The van der Waals surface area contributed by atoms with E-state index in [1.54, 1.807) is 11.6 Å². The second-order valence-electron chi connectivity index (χ2n) is 3.75. The van der Waals surface area contributed by atoms with E-state index in [-0.39, 0.29) is 6.61 Å². The molecule has 1 heterocycles. The fourth-order valence-electron chi connectivity index (χ4n) is 1.19. The zero-order valence-corrected chi connectivity index (χ0v) is 9.14. The minimum Gasteiger partial charge on any atom is -0.393 e. The number of nitrogens with zero attached hydrogens (tertiary/aromatic N) is 3. The Labute approximate surface area is 89.0 Å². The van der Waals surface area contributed by atoms with Crippen LogP contribution >= 0.6 is 0 Å². The van der Waals surface area contributed by atoms with Crippen molar-refractivity contribution in [2.24, 2.45) is 0 Å². The molecule has 1 rings (SSSR count). The first-order valence-electron chi connectivity index (χ1n) is 4.99. The highest BCUT2D eigenvalue weighted by atomic mass is 16.3. The van der Waals surface area contributed by atoms with Gasteiger partial charge >= 0.3 is 0 Å². The Hall–Kier alpha value is -0.980. The molecule has 86 valence electrons. The molecule has 1 atom stereocenters. The van der Waals surface area contributed by atoms with Gasteiger partial charge in [-0.25, -0.2) is 9.67 Å². The van der Waals surface area contributed by atoms with Gasteiger partial charge in [0.05, 0.1) is 18.8 Å². The predicted molar refractivity (Wildman–Crippen MR) is 55.1 cm³/mol. The highest BCUT2D eigenvalue weighted by molar-refractivity contribution is 4.85. The van der Waals surface area contributed by atoms with E-state index in [1.165, 1.54) is 6.33 Å². The topological polar surface area (TPSA) is 83.2 Å². The van der Waals surface area contributed by atoms with Gasteiger partial charge in [-0.15, -0.1) is 0 Å². The molecule has 0 fully saturated rings. The molecule has 0 aliphatic carbocycles. The molecule has 0 aliphatic rings. The van der Waals surface area contributed by atoms with Crippen LogP contribution in [0.15, 0.2) is 6.33 Å². The van der Waals surface area contributed by atoms with Crippen LogP contribution in [0.4, 0.5) is 0 Å². The number of hydrogen-bond donors (Lipinski definition) is 3. The fraction of sp³-hybridized carbons (Fsp3) is 0.778. The minimum atomic E-state index is -1.09. The Balaban J connectivity index is 2.38. The average Bonchev–Trinajstić information content (AvgIpc) is 2.65. The van der Waals surface area contributed by atoms with Crippen molar-refractivity contribution in [3.8, 4) is 0 Å². The van der Waals surface area contributed by atoms with Crippen LogP contribution < -0.4 is 5.32 Å². The van der Waals surface area contributed by atoms with Crippen molar-refractivity contribution in [1.29, 1.82) is 0 Å². The van der Waals surface area contributed by atoms with Crippen LogP contribution in [0, 0.1) is 0 Å². The standard InChI is InChI=1S/C9H18N4O2/c1-3-13-8(11-7-12-13)4-10-5-9(2,15)6-14/h7,10,14-15H,3-6H2,1-2H3. The van der Waals surface area contributed by atoms with E-state index in [1.807, 2.05) is 6.92 Å². The Bertz CT molecular complexity index is 298. The first kappa shape index (κ1) is 12.1. The van der Waals surface area contributed by atoms with Crippen molar-refractivity contribution in [1.82, 2.24) is 20.1 Å². The molecular weight excluding hydrogens is 196 g/mol. The van der Waals surface area contributed by atoms with Gasteiger partial charge in [0, 0.05) is 13.1 Å². The van der Waals surface area contributed by atoms with Gasteiger partial charge in [-0.2, -0.15) is 5.10 Å². The first-order chi connectivity index (χ1) is 7.09. The van der Waals surface area contributed by atoms with Crippen LogP contribution in [-0.4, -0.2) is 43.7 Å². The Morgan fingerprint density at radius 1 is 1.60 bits per heavy atom. The van der Waals surface area contributed by atoms with Crippen molar-refractivity contribution >= 4 is 0 Å². The largest absolute Gasteiger partial charge is 0.393 e. The Kier molecular flexibility index (Phi) is 4.19. The van der Waals surface area contributed by atoms with E-state index >= 15 is 0 Å². The van der Waals surface area contributed by atoms with Crippen molar-refractivity contribution in [2.75, 3.05) is 13.2 Å². The van der Waals surface area contributed by atoms with Crippen molar-refractivity contribution in [3.05, 3.63) is 12.2 Å². The lowest BCUT2D eigenvalue weighted by atomic mass is 10.1. The second-order valence-corrected chi connectivity index (χ2v) is 3.75. The summed E-state index contributed by atoms with van der Waals surface area (Å²) in [6.45, 7) is 4.92. The summed E-state index contributed by atoms with van der Waals surface area (Å²) in [5, 5.41) is 25.4. The van der Waals surface area contributed by atoms with Crippen LogP contribution in [0.2, 0.25) is 0 Å². The molecule has 1 aromatic heterocycles. The van der Waals surface area contributed by atoms with Crippen molar-refractivity contribution < 1.29 is 10.2 Å². The highest BCUT2D eigenvalue weighted by Gasteiger charge is 2.18. The molecule has 1 aromatic rings. The molecule has 0 aliphatic heterocycles. The van der Waals surface area contributed by atoms with Gasteiger partial charge in [-0.05, 0) is 13.8 Å². The highest BCUT2D eigenvalue weighted by Crippen LogP contribution is 2.00. The van der Waals surface area contributed by atoms with E-state index in [0.29, 0.717) is 13.1 Å². The molecule has 0 bridgehead atoms. The van der Waals surface area contributed by atoms with E-state index < -0.39 is 5.60 Å². The molecule has 0 radical (unpaired) electrons. The van der Waals surface area contributed by atoms with Gasteiger partial charge < -0.3 is 15.5 Å². The summed E-state index contributed by atoms with van der Waals surface area (Å²) in [4.78, 5) is 4.08. The van der Waals surface area contributed by atoms with Gasteiger partial charge in [0.1, 0.15) is 12.2 Å². The fourth-order valence-corrected chi connectivity index (χ4v) is 1.19. The molecule has 6 nitrogen and oxygen atoms in total. The van der Waals surface area contributed by atoms with Gasteiger partial charge in [-0.1, -0.05) is 0 Å². The maximum absolute atomic E-state index is 9.52. The third kappa shape index (κ3) is 3.58. The summed E-state index contributed by atoms with van der Waals surface area (Å²) in [6.07, 6.45) is 1.50. The molecule has 0 spiro atoms. The molecule has 6 heteroatoms. The number of hydrogen-bond acceptors (Lipinski definition) is 5. The Morgan fingerprint density at radius 3 is 2.93 bits per heavy atom. The first-order valence-corrected chi connectivity index (χ1v) is 4.99. The van der Waals surface area contributed by atoms with Crippen LogP contribution in [0.1, 0.15) is 19.7 Å². The summed E-state index contributed by atoms with van der Waals surface area (Å²) in [5.74, 6) is 0.825. The van der Waals surface area contributed by atoms with Crippen molar-refractivity contribution in [2.45, 2.75) is 32.5 Å². The maximum Gasteiger partial charge on any atom is 0.140 e. The summed E-state index contributed by atoms with van der Waals surface area (Å²) in [6, 6.07) is 0. The van der Waals surface area contributed by atoms with Gasteiger partial charge in [0.15, 0.2) is 0 Å². The average molecular weight is 214 g/mol. The van der Waals surface area contributed by atoms with Crippen LogP contribution in [0.3, 0.4) is 0 Å². The van der Waals surface area contributed by atoms with Crippen molar-refractivity contribution in [3.63, 3.8) is 0 Å². The smallest absolute Gasteiger partial charge is 0.140 e. The second kappa shape index (κ2) is 5.20. The SMILES string of the molecule is CCn1ncnc1CNCC(C)(O)CO. The molecule has 0 aromatic carbocycles. The number of rotatable bonds is 6. The van der Waals surface area contributed by atoms with Gasteiger partial charge in [-0.3, -0.25) is 0 Å². The van der Waals surface area contributed by atoms with E-state index in [4.69, 9.17) is 5.11 Å². The summed E-state index contributed by atoms with van der Waals surface area (Å²) < 4.78 is 1.78. The number of aliphatic hydroxyl groups is 2. The maximum atomic E-state index is 9.52. The lowest BCUT2D eigenvalue weighted by Gasteiger charge is -2.20. The Morgan fingerprint density at radius 2 is 2.33 bits per heavy atom. The predicted octanol–water partition coefficient (Wildman–Crippen LogP) is -0.869. The normalized spacial score (nSPS) is 15.2. The van der Waals surface area contributed by atoms with Crippen LogP contribution in [-0.2, 0) is 13.1 Å². The zero-order chi connectivity index (χ0) is 11.3. The third-order valence-electron chi connectivity index (χ3n) is 2.12. The minimum absolute atomic E-state index is 0.263. The quantitative estimate of drug-likeness (QED) is 0.573. The van der Waals surface area contributed by atoms with E-state index in [0.717, 1.165) is 12.4 Å². The number of aromatic nitrogens is 3.